The third-order valence-corrected chi connectivity index (χ3v) is 4.24. The summed E-state index contributed by atoms with van der Waals surface area (Å²) in [5.41, 5.74) is 5.57. The Morgan fingerprint density at radius 2 is 2.04 bits per heavy atom. The first-order valence-electron chi connectivity index (χ1n) is 8.17. The highest BCUT2D eigenvalue weighted by Gasteiger charge is 2.49. The molecule has 1 aromatic carbocycles. The van der Waals surface area contributed by atoms with Gasteiger partial charge in [0.15, 0.2) is 0 Å². The van der Waals surface area contributed by atoms with Gasteiger partial charge in [0.2, 0.25) is 0 Å². The number of aliphatic hydroxyl groups is 1. The molecule has 1 aliphatic heterocycles. The molecule has 1 aromatic rings. The first-order valence-corrected chi connectivity index (χ1v) is 8.17. The number of ether oxygens (including phenoxy) is 1. The molecule has 128 valence electrons. The van der Waals surface area contributed by atoms with Gasteiger partial charge in [-0.05, 0) is 32.8 Å². The van der Waals surface area contributed by atoms with E-state index in [1.165, 1.54) is 0 Å². The normalized spacial score (nSPS) is 26.0. The van der Waals surface area contributed by atoms with E-state index in [9.17, 15) is 9.90 Å². The van der Waals surface area contributed by atoms with Crippen LogP contribution >= 0.6 is 0 Å². The fourth-order valence-electron chi connectivity index (χ4n) is 3.06. The van der Waals surface area contributed by atoms with Crippen molar-refractivity contribution in [2.75, 3.05) is 13.1 Å². The lowest BCUT2D eigenvalue weighted by Gasteiger charge is -2.47. The van der Waals surface area contributed by atoms with Gasteiger partial charge >= 0.3 is 5.97 Å². The van der Waals surface area contributed by atoms with Crippen LogP contribution in [0.15, 0.2) is 30.3 Å². The summed E-state index contributed by atoms with van der Waals surface area (Å²) in [4.78, 5) is 14.9. The summed E-state index contributed by atoms with van der Waals surface area (Å²) in [6, 6.07) is 9.98. The number of rotatable bonds is 4. The maximum absolute atomic E-state index is 12.9. The summed E-state index contributed by atoms with van der Waals surface area (Å²) >= 11 is 0. The number of carbonyl (C=O) groups is 1. The highest BCUT2D eigenvalue weighted by molar-refractivity contribution is 5.82. The van der Waals surface area contributed by atoms with Gasteiger partial charge in [-0.15, -0.1) is 0 Å². The van der Waals surface area contributed by atoms with Crippen molar-refractivity contribution in [3.05, 3.63) is 35.9 Å². The van der Waals surface area contributed by atoms with Gasteiger partial charge in [-0.2, -0.15) is 0 Å². The van der Waals surface area contributed by atoms with Crippen LogP contribution in [-0.4, -0.2) is 46.3 Å². The van der Waals surface area contributed by atoms with Crippen LogP contribution in [0.1, 0.15) is 39.2 Å². The number of benzene rings is 1. The smallest absolute Gasteiger partial charge is 0.328 e. The zero-order chi connectivity index (χ0) is 17.1. The first kappa shape index (κ1) is 17.9. The Balaban J connectivity index is 2.27. The number of nitrogens with two attached hydrogens (primary N) is 1. The molecule has 5 heteroatoms. The molecule has 0 saturated carbocycles. The van der Waals surface area contributed by atoms with Crippen molar-refractivity contribution in [2.45, 2.75) is 57.4 Å². The highest BCUT2D eigenvalue weighted by atomic mass is 16.6. The number of piperidine rings is 1. The second kappa shape index (κ2) is 6.99. The molecule has 2 rings (SSSR count). The summed E-state index contributed by atoms with van der Waals surface area (Å²) in [6.45, 7) is 6.89. The van der Waals surface area contributed by atoms with E-state index in [1.807, 2.05) is 51.1 Å². The number of hydrogen-bond acceptors (Lipinski definition) is 5. The standard InChI is InChI=1S/C18H28N2O3/c1-17(2,3)23-16(22)18(13-19)11-15(21)9-10-20(18)12-14-7-5-4-6-8-14/h4-8,15,21H,9-13,19H2,1-3H3. The van der Waals surface area contributed by atoms with E-state index in [2.05, 4.69) is 4.90 Å². The fraction of sp³-hybridized carbons (Fsp3) is 0.611. The highest BCUT2D eigenvalue weighted by Crippen LogP contribution is 2.32. The number of aliphatic hydroxyl groups excluding tert-OH is 1. The van der Waals surface area contributed by atoms with E-state index in [1.54, 1.807) is 0 Å². The average Bonchev–Trinajstić information content (AvgIpc) is 2.48. The molecule has 0 bridgehead atoms. The van der Waals surface area contributed by atoms with Crippen LogP contribution in [0.3, 0.4) is 0 Å². The monoisotopic (exact) mass is 320 g/mol. The van der Waals surface area contributed by atoms with Gasteiger partial charge in [0.1, 0.15) is 11.1 Å². The minimum Gasteiger partial charge on any atom is -0.459 e. The van der Waals surface area contributed by atoms with Gasteiger partial charge in [0.05, 0.1) is 6.10 Å². The average molecular weight is 320 g/mol. The van der Waals surface area contributed by atoms with Crippen LogP contribution in [0.2, 0.25) is 0 Å². The zero-order valence-electron chi connectivity index (χ0n) is 14.3. The molecule has 1 aliphatic rings. The lowest BCUT2D eigenvalue weighted by Crippen LogP contribution is -2.64. The lowest BCUT2D eigenvalue weighted by atomic mass is 9.84. The van der Waals surface area contributed by atoms with Crippen LogP contribution in [0, 0.1) is 0 Å². The van der Waals surface area contributed by atoms with Gasteiger partial charge in [0, 0.05) is 26.1 Å². The molecule has 1 fully saturated rings. The summed E-state index contributed by atoms with van der Waals surface area (Å²) in [6.07, 6.45) is 0.418. The molecule has 1 saturated heterocycles. The molecule has 0 radical (unpaired) electrons. The number of likely N-dealkylation sites (tertiary alicyclic amines) is 1. The topological polar surface area (TPSA) is 75.8 Å². The van der Waals surface area contributed by atoms with Gasteiger partial charge < -0.3 is 15.6 Å². The summed E-state index contributed by atoms with van der Waals surface area (Å²) < 4.78 is 5.62. The predicted molar refractivity (Wildman–Crippen MR) is 89.7 cm³/mol. The van der Waals surface area contributed by atoms with Gasteiger partial charge in [-0.1, -0.05) is 30.3 Å². The van der Waals surface area contributed by atoms with Gasteiger partial charge in [-0.25, -0.2) is 4.79 Å². The zero-order valence-corrected chi connectivity index (χ0v) is 14.3. The third-order valence-electron chi connectivity index (χ3n) is 4.24. The minimum absolute atomic E-state index is 0.131. The van der Waals surface area contributed by atoms with E-state index in [4.69, 9.17) is 10.5 Å². The van der Waals surface area contributed by atoms with Crippen LogP contribution < -0.4 is 5.73 Å². The van der Waals surface area contributed by atoms with Crippen LogP contribution in [0.4, 0.5) is 0 Å². The summed E-state index contributed by atoms with van der Waals surface area (Å²) in [5.74, 6) is -0.345. The molecular weight excluding hydrogens is 292 g/mol. The predicted octanol–water partition coefficient (Wildman–Crippen LogP) is 1.68. The van der Waals surface area contributed by atoms with Crippen molar-refractivity contribution in [3.63, 3.8) is 0 Å². The first-order chi connectivity index (χ1) is 10.8. The Kier molecular flexibility index (Phi) is 5.45. The molecule has 2 unspecified atom stereocenters. The number of carbonyl (C=O) groups excluding carboxylic acids is 1. The number of esters is 1. The van der Waals surface area contributed by atoms with Gasteiger partial charge in [0.25, 0.3) is 0 Å². The molecule has 0 spiro atoms. The Bertz CT molecular complexity index is 527. The van der Waals surface area contributed by atoms with Crippen molar-refractivity contribution in [2.24, 2.45) is 5.73 Å². The Morgan fingerprint density at radius 1 is 1.39 bits per heavy atom. The van der Waals surface area contributed by atoms with Crippen molar-refractivity contribution in [1.29, 1.82) is 0 Å². The van der Waals surface area contributed by atoms with E-state index in [-0.39, 0.29) is 12.5 Å². The molecule has 23 heavy (non-hydrogen) atoms. The van der Waals surface area contributed by atoms with Crippen molar-refractivity contribution in [3.8, 4) is 0 Å². The molecule has 5 nitrogen and oxygen atoms in total. The van der Waals surface area contributed by atoms with Gasteiger partial charge in [-0.3, -0.25) is 4.90 Å². The van der Waals surface area contributed by atoms with Crippen LogP contribution in [-0.2, 0) is 16.1 Å². The quantitative estimate of drug-likeness (QED) is 0.826. The summed E-state index contributed by atoms with van der Waals surface area (Å²) in [5, 5.41) is 10.1. The maximum atomic E-state index is 12.9. The van der Waals surface area contributed by atoms with E-state index in [0.29, 0.717) is 25.9 Å². The lowest BCUT2D eigenvalue weighted by molar-refractivity contribution is -0.176. The van der Waals surface area contributed by atoms with Crippen molar-refractivity contribution in [1.82, 2.24) is 4.90 Å². The van der Waals surface area contributed by atoms with E-state index >= 15 is 0 Å². The molecule has 0 aliphatic carbocycles. The molecule has 1 heterocycles. The largest absolute Gasteiger partial charge is 0.459 e. The Hall–Kier alpha value is -1.43. The number of nitrogens with zero attached hydrogens (tertiary/aromatic N) is 1. The molecule has 0 amide bonds. The minimum atomic E-state index is -0.971. The maximum Gasteiger partial charge on any atom is 0.328 e. The second-order valence-electron chi connectivity index (χ2n) is 7.29. The second-order valence-corrected chi connectivity index (χ2v) is 7.29. The molecule has 3 N–H and O–H groups in total. The fourth-order valence-corrected chi connectivity index (χ4v) is 3.06. The summed E-state index contributed by atoms with van der Waals surface area (Å²) in [7, 11) is 0. The SMILES string of the molecule is CC(C)(C)OC(=O)C1(CN)CC(O)CCN1Cc1ccccc1. The Morgan fingerprint density at radius 3 is 2.61 bits per heavy atom. The molecule has 2 atom stereocenters. The van der Waals surface area contributed by atoms with Crippen molar-refractivity contribution >= 4 is 5.97 Å². The third kappa shape index (κ3) is 4.31. The number of hydrogen-bond donors (Lipinski definition) is 2. The molecular formula is C18H28N2O3. The van der Waals surface area contributed by atoms with E-state index < -0.39 is 17.2 Å². The van der Waals surface area contributed by atoms with Crippen LogP contribution in [0.5, 0.6) is 0 Å². The van der Waals surface area contributed by atoms with Crippen LogP contribution in [0.25, 0.3) is 0 Å². The van der Waals surface area contributed by atoms with E-state index in [0.717, 1.165) is 5.56 Å². The Labute approximate surface area is 138 Å². The van der Waals surface area contributed by atoms with Crippen molar-refractivity contribution < 1.29 is 14.6 Å². The molecule has 0 aromatic heterocycles.